The van der Waals surface area contributed by atoms with Crippen LogP contribution >= 0.6 is 11.3 Å². The van der Waals surface area contributed by atoms with Gasteiger partial charge in [-0.15, -0.1) is 11.3 Å². The van der Waals surface area contributed by atoms with E-state index in [4.69, 9.17) is 0 Å². The van der Waals surface area contributed by atoms with Crippen LogP contribution < -0.4 is 0 Å². The van der Waals surface area contributed by atoms with Gasteiger partial charge in [-0.1, -0.05) is 0 Å². The molecule has 3 heteroatoms. The highest BCUT2D eigenvalue weighted by atomic mass is 32.1. The fraction of sp³-hybridized carbons (Fsp3) is 0.333. The number of thiazole rings is 1. The molecule has 0 aliphatic rings. The Morgan fingerprint density at radius 1 is 1.50 bits per heavy atom. The Labute approximate surface area is 76.0 Å². The lowest BCUT2D eigenvalue weighted by molar-refractivity contribution is -0.112. The zero-order valence-electron chi connectivity index (χ0n) is 7.42. The average Bonchev–Trinajstić information content (AvgIpc) is 2.26. The molecule has 0 fully saturated rings. The Morgan fingerprint density at radius 2 is 2.17 bits per heavy atom. The van der Waals surface area contributed by atoms with Crippen LogP contribution in [-0.2, 0) is 4.79 Å². The average molecular weight is 181 g/mol. The van der Waals surface area contributed by atoms with Crippen LogP contribution in [0.1, 0.15) is 22.5 Å². The second kappa shape index (κ2) is 3.63. The molecule has 2 nitrogen and oxygen atoms in total. The lowest BCUT2D eigenvalue weighted by Crippen LogP contribution is -1.79. The molecule has 0 N–H and O–H groups in total. The van der Waals surface area contributed by atoms with E-state index < -0.39 is 0 Å². The van der Waals surface area contributed by atoms with E-state index in [2.05, 4.69) is 4.98 Å². The van der Waals surface area contributed by atoms with Gasteiger partial charge in [0.05, 0.1) is 15.6 Å². The SMILES string of the molecule is CC(=O)/C=C/c1sc(C)nc1C. The van der Waals surface area contributed by atoms with E-state index in [1.54, 1.807) is 24.3 Å². The number of aryl methyl sites for hydroxylation is 2. The van der Waals surface area contributed by atoms with Crippen molar-refractivity contribution in [1.29, 1.82) is 0 Å². The molecule has 0 aliphatic carbocycles. The summed E-state index contributed by atoms with van der Waals surface area (Å²) >= 11 is 1.61. The Morgan fingerprint density at radius 3 is 2.58 bits per heavy atom. The normalized spacial score (nSPS) is 10.9. The lowest BCUT2D eigenvalue weighted by atomic mass is 10.3. The Hall–Kier alpha value is -0.960. The molecule has 0 unspecified atom stereocenters. The number of hydrogen-bond donors (Lipinski definition) is 0. The van der Waals surface area contributed by atoms with Gasteiger partial charge in [0.15, 0.2) is 5.78 Å². The van der Waals surface area contributed by atoms with E-state index in [-0.39, 0.29) is 5.78 Å². The number of carbonyl (C=O) groups is 1. The van der Waals surface area contributed by atoms with Crippen LogP contribution in [0.3, 0.4) is 0 Å². The summed E-state index contributed by atoms with van der Waals surface area (Å²) < 4.78 is 0. The molecule has 0 spiro atoms. The summed E-state index contributed by atoms with van der Waals surface area (Å²) in [6.07, 6.45) is 3.39. The second-order valence-electron chi connectivity index (χ2n) is 2.63. The minimum absolute atomic E-state index is 0.0699. The minimum atomic E-state index is 0.0699. The molecular weight excluding hydrogens is 170 g/mol. The van der Waals surface area contributed by atoms with Gasteiger partial charge < -0.3 is 0 Å². The summed E-state index contributed by atoms with van der Waals surface area (Å²) in [4.78, 5) is 15.9. The highest BCUT2D eigenvalue weighted by Gasteiger charge is 1.99. The molecule has 0 amide bonds. The molecule has 64 valence electrons. The summed E-state index contributed by atoms with van der Waals surface area (Å²) in [5.74, 6) is 0.0699. The number of allylic oxidation sites excluding steroid dienone is 1. The summed E-state index contributed by atoms with van der Waals surface area (Å²) in [6, 6.07) is 0. The molecule has 1 rings (SSSR count). The summed E-state index contributed by atoms with van der Waals surface area (Å²) in [6.45, 7) is 5.45. The van der Waals surface area contributed by atoms with Crippen molar-refractivity contribution < 1.29 is 4.79 Å². The number of carbonyl (C=O) groups excluding carboxylic acids is 1. The fourth-order valence-electron chi connectivity index (χ4n) is 0.895. The molecule has 1 aromatic heterocycles. The number of aromatic nitrogens is 1. The maximum Gasteiger partial charge on any atom is 0.152 e. The predicted octanol–water partition coefficient (Wildman–Crippen LogP) is 2.36. The first kappa shape index (κ1) is 9.13. The van der Waals surface area contributed by atoms with E-state index >= 15 is 0 Å². The molecule has 0 bridgehead atoms. The maximum atomic E-state index is 10.6. The highest BCUT2D eigenvalue weighted by molar-refractivity contribution is 7.12. The first-order chi connectivity index (χ1) is 5.59. The third kappa shape index (κ3) is 2.27. The quantitative estimate of drug-likeness (QED) is 0.655. The molecule has 0 atom stereocenters. The van der Waals surface area contributed by atoms with Crippen molar-refractivity contribution in [3.05, 3.63) is 21.7 Å². The number of hydrogen-bond acceptors (Lipinski definition) is 3. The van der Waals surface area contributed by atoms with E-state index in [9.17, 15) is 4.79 Å². The van der Waals surface area contributed by atoms with E-state index in [1.807, 2.05) is 19.9 Å². The van der Waals surface area contributed by atoms with Crippen LogP contribution in [-0.4, -0.2) is 10.8 Å². The van der Waals surface area contributed by atoms with Crippen molar-refractivity contribution in [2.45, 2.75) is 20.8 Å². The van der Waals surface area contributed by atoms with Crippen molar-refractivity contribution in [1.82, 2.24) is 4.98 Å². The van der Waals surface area contributed by atoms with Crippen molar-refractivity contribution in [2.75, 3.05) is 0 Å². The van der Waals surface area contributed by atoms with Crippen LogP contribution in [0.2, 0.25) is 0 Å². The number of ketones is 1. The van der Waals surface area contributed by atoms with Crippen molar-refractivity contribution in [3.8, 4) is 0 Å². The van der Waals surface area contributed by atoms with Gasteiger partial charge in [-0.25, -0.2) is 4.98 Å². The highest BCUT2D eigenvalue weighted by Crippen LogP contribution is 2.18. The largest absolute Gasteiger partial charge is 0.295 e. The lowest BCUT2D eigenvalue weighted by Gasteiger charge is -1.84. The zero-order valence-corrected chi connectivity index (χ0v) is 8.23. The fourth-order valence-corrected chi connectivity index (χ4v) is 1.73. The van der Waals surface area contributed by atoms with E-state index in [0.29, 0.717) is 0 Å². The molecule has 1 heterocycles. The predicted molar refractivity (Wildman–Crippen MR) is 51.3 cm³/mol. The van der Waals surface area contributed by atoms with Gasteiger partial charge in [-0.2, -0.15) is 0 Å². The first-order valence-electron chi connectivity index (χ1n) is 3.72. The zero-order chi connectivity index (χ0) is 9.14. The summed E-state index contributed by atoms with van der Waals surface area (Å²) in [7, 11) is 0. The topological polar surface area (TPSA) is 30.0 Å². The smallest absolute Gasteiger partial charge is 0.152 e. The van der Waals surface area contributed by atoms with Gasteiger partial charge in [0, 0.05) is 0 Å². The first-order valence-corrected chi connectivity index (χ1v) is 4.54. The third-order valence-corrected chi connectivity index (χ3v) is 2.45. The Kier molecular flexibility index (Phi) is 2.76. The monoisotopic (exact) mass is 181 g/mol. The summed E-state index contributed by atoms with van der Waals surface area (Å²) in [5.41, 5.74) is 0.995. The van der Waals surface area contributed by atoms with Gasteiger partial charge in [-0.3, -0.25) is 4.79 Å². The van der Waals surface area contributed by atoms with Gasteiger partial charge in [0.1, 0.15) is 0 Å². The van der Waals surface area contributed by atoms with Gasteiger partial charge in [0.2, 0.25) is 0 Å². The molecule has 12 heavy (non-hydrogen) atoms. The molecule has 0 radical (unpaired) electrons. The van der Waals surface area contributed by atoms with Crippen molar-refractivity contribution in [3.63, 3.8) is 0 Å². The molecule has 0 aliphatic heterocycles. The third-order valence-electron chi connectivity index (χ3n) is 1.41. The van der Waals surface area contributed by atoms with Crippen LogP contribution in [0.4, 0.5) is 0 Å². The Balaban J connectivity index is 2.89. The summed E-state index contributed by atoms with van der Waals surface area (Å²) in [5, 5.41) is 1.04. The van der Waals surface area contributed by atoms with Crippen LogP contribution in [0, 0.1) is 13.8 Å². The second-order valence-corrected chi connectivity index (χ2v) is 3.86. The van der Waals surface area contributed by atoms with Crippen LogP contribution in [0.15, 0.2) is 6.08 Å². The van der Waals surface area contributed by atoms with E-state index in [0.717, 1.165) is 15.6 Å². The standard InChI is InChI=1S/C9H11NOS/c1-6(11)4-5-9-7(2)10-8(3)12-9/h4-5H,1-3H3/b5-4+. The van der Waals surface area contributed by atoms with Crippen LogP contribution in [0.25, 0.3) is 6.08 Å². The number of nitrogens with zero attached hydrogens (tertiary/aromatic N) is 1. The van der Waals surface area contributed by atoms with Gasteiger partial charge in [0.25, 0.3) is 0 Å². The van der Waals surface area contributed by atoms with Crippen LogP contribution in [0.5, 0.6) is 0 Å². The van der Waals surface area contributed by atoms with Crippen molar-refractivity contribution in [2.24, 2.45) is 0 Å². The van der Waals surface area contributed by atoms with Crippen molar-refractivity contribution >= 4 is 23.2 Å². The molecule has 1 aromatic rings. The number of rotatable bonds is 2. The van der Waals surface area contributed by atoms with Gasteiger partial charge in [-0.05, 0) is 32.9 Å². The Bertz CT molecular complexity index is 325. The minimum Gasteiger partial charge on any atom is -0.295 e. The maximum absolute atomic E-state index is 10.6. The molecule has 0 saturated heterocycles. The van der Waals surface area contributed by atoms with E-state index in [1.165, 1.54) is 0 Å². The molecular formula is C9H11NOS. The molecule has 0 saturated carbocycles. The van der Waals surface area contributed by atoms with Gasteiger partial charge >= 0.3 is 0 Å². The molecule has 0 aromatic carbocycles.